The van der Waals surface area contributed by atoms with Gasteiger partial charge in [0.15, 0.2) is 0 Å². The number of thioether (sulfide) groups is 1. The van der Waals surface area contributed by atoms with Crippen LogP contribution in [0, 0.1) is 0 Å². The van der Waals surface area contributed by atoms with E-state index in [0.29, 0.717) is 17.3 Å². The maximum Gasteiger partial charge on any atom is 0.332 e. The highest BCUT2D eigenvalue weighted by molar-refractivity contribution is 7.99. The van der Waals surface area contributed by atoms with Gasteiger partial charge in [-0.05, 0) is 42.0 Å². The van der Waals surface area contributed by atoms with Crippen LogP contribution >= 0.6 is 23.4 Å². The maximum atomic E-state index is 13.2. The number of nitrogens with one attached hydrogen (secondary N) is 1. The first-order valence-corrected chi connectivity index (χ1v) is 16.6. The molecule has 4 rings (SSSR count). The molecule has 0 aliphatic carbocycles. The minimum absolute atomic E-state index is 0.00239. The molecule has 0 saturated carbocycles. The number of carbonyl (C=O) groups is 5. The van der Waals surface area contributed by atoms with Gasteiger partial charge in [-0.15, -0.1) is 23.4 Å². The van der Waals surface area contributed by atoms with Crippen molar-refractivity contribution in [2.75, 3.05) is 54.4 Å². The van der Waals surface area contributed by atoms with Gasteiger partial charge >= 0.3 is 18.1 Å². The summed E-state index contributed by atoms with van der Waals surface area (Å²) in [4.78, 5) is 69.1. The summed E-state index contributed by atoms with van der Waals surface area (Å²) in [7, 11) is 4.63. The van der Waals surface area contributed by atoms with Crippen LogP contribution in [0.2, 0.25) is 0 Å². The van der Waals surface area contributed by atoms with Gasteiger partial charge in [0.05, 0.1) is 17.1 Å². The van der Waals surface area contributed by atoms with E-state index in [1.807, 2.05) is 24.3 Å². The van der Waals surface area contributed by atoms with Gasteiger partial charge in [-0.2, -0.15) is 0 Å². The van der Waals surface area contributed by atoms with Crippen molar-refractivity contribution in [3.8, 4) is 0 Å². The topological polar surface area (TPSA) is 180 Å². The Labute approximate surface area is 297 Å². The normalized spacial score (nSPS) is 11.4. The molecular weight excluding hydrogens is 686 g/mol. The quantitative estimate of drug-likeness (QED) is 0.0270. The second kappa shape index (κ2) is 17.1. The molecule has 1 aromatic carbocycles. The third kappa shape index (κ3) is 9.45. The van der Waals surface area contributed by atoms with E-state index < -0.39 is 23.8 Å². The summed E-state index contributed by atoms with van der Waals surface area (Å²) in [6.07, 6.45) is 11.7. The zero-order chi connectivity index (χ0) is 36.4. The second-order valence-corrected chi connectivity index (χ2v) is 12.4. The van der Waals surface area contributed by atoms with Crippen LogP contribution < -0.4 is 20.9 Å². The third-order valence-corrected chi connectivity index (χ3v) is 8.78. The van der Waals surface area contributed by atoms with Crippen LogP contribution in [0.3, 0.4) is 0 Å². The lowest BCUT2D eigenvalue weighted by Gasteiger charge is -2.18. The highest BCUT2D eigenvalue weighted by Gasteiger charge is 2.20. The monoisotopic (exact) mass is 721 g/mol. The predicted molar refractivity (Wildman–Crippen MR) is 194 cm³/mol. The van der Waals surface area contributed by atoms with Crippen molar-refractivity contribution in [3.05, 3.63) is 91.3 Å². The highest BCUT2D eigenvalue weighted by atomic mass is 35.5. The molecule has 262 valence electrons. The number of carbonyl (C=O) groups excluding carboxylic acids is 5. The minimum Gasteiger partial charge on any atom is -0.409 e. The lowest BCUT2D eigenvalue weighted by atomic mass is 10.2. The molecule has 17 heteroatoms. The van der Waals surface area contributed by atoms with Gasteiger partial charge in [0.2, 0.25) is 5.78 Å². The standard InChI is InChI=1S/C33H36ClN9O6S/c1-38(15-13-29(35)37-49)31(46)42-17-11-25(21-42)40(3)33(48)43-18-12-26(22-43)39(2)32(47)41-16-10-24(20-41)36-30(45)28(44)9-6-23-4-7-27(8-5-23)50-19-14-34/h4-12,16-18,20-22,49H,13-15,19H2,1-3H3,(H2,35,37)(H,36,45)/b9-6+. The van der Waals surface area contributed by atoms with Crippen molar-refractivity contribution in [3.63, 3.8) is 0 Å². The average Bonchev–Trinajstić information content (AvgIpc) is 3.92. The number of alkyl halides is 1. The number of hydrogen-bond acceptors (Lipinski definition) is 8. The molecular formula is C33H36ClN9O6S. The Morgan fingerprint density at radius 2 is 1.42 bits per heavy atom. The molecule has 4 amide bonds. The number of ketones is 1. The van der Waals surface area contributed by atoms with Crippen LogP contribution in [-0.2, 0) is 9.59 Å². The van der Waals surface area contributed by atoms with Gasteiger partial charge in [-0.1, -0.05) is 23.4 Å². The minimum atomic E-state index is -0.862. The van der Waals surface area contributed by atoms with Gasteiger partial charge < -0.3 is 21.2 Å². The molecule has 3 aromatic heterocycles. The molecule has 0 aliphatic heterocycles. The fourth-order valence-corrected chi connectivity index (χ4v) is 5.33. The number of anilines is 3. The Morgan fingerprint density at radius 3 is 2.00 bits per heavy atom. The van der Waals surface area contributed by atoms with Crippen LogP contribution in [0.4, 0.5) is 31.4 Å². The van der Waals surface area contributed by atoms with Crippen molar-refractivity contribution in [1.82, 2.24) is 18.6 Å². The van der Waals surface area contributed by atoms with Crippen molar-refractivity contribution >= 4 is 82.1 Å². The average molecular weight is 722 g/mol. The number of amides is 4. The molecule has 0 bridgehead atoms. The summed E-state index contributed by atoms with van der Waals surface area (Å²) in [6.45, 7) is 0.220. The summed E-state index contributed by atoms with van der Waals surface area (Å²) in [5.74, 6) is -0.291. The van der Waals surface area contributed by atoms with E-state index in [2.05, 4.69) is 10.5 Å². The van der Waals surface area contributed by atoms with Crippen LogP contribution in [0.25, 0.3) is 6.08 Å². The third-order valence-electron chi connectivity index (χ3n) is 7.35. The molecule has 0 radical (unpaired) electrons. The van der Waals surface area contributed by atoms with Crippen molar-refractivity contribution < 1.29 is 29.2 Å². The van der Waals surface area contributed by atoms with E-state index in [9.17, 15) is 24.0 Å². The van der Waals surface area contributed by atoms with Gasteiger partial charge in [0, 0.05) is 87.8 Å². The smallest absolute Gasteiger partial charge is 0.332 e. The van der Waals surface area contributed by atoms with Crippen LogP contribution in [-0.4, -0.2) is 98.7 Å². The van der Waals surface area contributed by atoms with Crippen LogP contribution in [0.5, 0.6) is 0 Å². The zero-order valence-corrected chi connectivity index (χ0v) is 29.0. The van der Waals surface area contributed by atoms with E-state index in [-0.39, 0.29) is 30.5 Å². The van der Waals surface area contributed by atoms with Gasteiger partial charge in [-0.25, -0.2) is 14.4 Å². The van der Waals surface area contributed by atoms with Gasteiger partial charge in [0.1, 0.15) is 5.84 Å². The summed E-state index contributed by atoms with van der Waals surface area (Å²) < 4.78 is 3.83. The molecule has 50 heavy (non-hydrogen) atoms. The number of oxime groups is 1. The Hall–Kier alpha value is -5.74. The molecule has 0 saturated heterocycles. The molecule has 0 unspecified atom stereocenters. The number of hydrogen-bond donors (Lipinski definition) is 3. The Balaban J connectivity index is 1.32. The lowest BCUT2D eigenvalue weighted by molar-refractivity contribution is -0.131. The first-order valence-electron chi connectivity index (χ1n) is 15.1. The van der Waals surface area contributed by atoms with Crippen molar-refractivity contribution in [2.24, 2.45) is 10.9 Å². The SMILES string of the molecule is CN(CCC(N)=NO)C(=O)n1ccc(N(C)C(=O)n2ccc(N(C)C(=O)n3ccc(NC(=O)C(=O)/C=C/c4ccc(SCCCl)cc4)c3)c2)c1. The van der Waals surface area contributed by atoms with Crippen LogP contribution in [0.15, 0.2) is 95.8 Å². The molecule has 0 spiro atoms. The van der Waals surface area contributed by atoms with E-state index in [1.165, 1.54) is 84.8 Å². The van der Waals surface area contributed by atoms with Crippen LogP contribution in [0.1, 0.15) is 12.0 Å². The molecule has 0 atom stereocenters. The molecule has 15 nitrogen and oxygen atoms in total. The lowest BCUT2D eigenvalue weighted by Crippen LogP contribution is -2.33. The Bertz CT molecular complexity index is 1910. The van der Waals surface area contributed by atoms with E-state index in [0.717, 1.165) is 16.2 Å². The number of nitrogens with two attached hydrogens (primary N) is 1. The van der Waals surface area contributed by atoms with Gasteiger partial charge in [0.25, 0.3) is 5.91 Å². The number of nitrogens with zero attached hydrogens (tertiary/aromatic N) is 7. The van der Waals surface area contributed by atoms with E-state index in [4.69, 9.17) is 22.5 Å². The van der Waals surface area contributed by atoms with E-state index in [1.54, 1.807) is 44.1 Å². The number of amidine groups is 1. The largest absolute Gasteiger partial charge is 0.409 e. The van der Waals surface area contributed by atoms with E-state index >= 15 is 0 Å². The highest BCUT2D eigenvalue weighted by Crippen LogP contribution is 2.21. The summed E-state index contributed by atoms with van der Waals surface area (Å²) in [5.41, 5.74) is 7.32. The maximum absolute atomic E-state index is 13.2. The summed E-state index contributed by atoms with van der Waals surface area (Å²) >= 11 is 7.33. The number of halogens is 1. The fraction of sp³-hybridized carbons (Fsp3) is 0.212. The number of rotatable bonds is 12. The number of benzene rings is 1. The number of aromatic nitrogens is 3. The van der Waals surface area contributed by atoms with Gasteiger partial charge in [-0.3, -0.25) is 33.1 Å². The zero-order valence-electron chi connectivity index (χ0n) is 27.5. The predicted octanol–water partition coefficient (Wildman–Crippen LogP) is 4.89. The first-order chi connectivity index (χ1) is 23.9. The Kier molecular flexibility index (Phi) is 12.7. The second-order valence-electron chi connectivity index (χ2n) is 10.8. The molecule has 4 aromatic rings. The summed E-state index contributed by atoms with van der Waals surface area (Å²) in [6, 6.07) is 10.8. The van der Waals surface area contributed by atoms with Crippen molar-refractivity contribution in [1.29, 1.82) is 0 Å². The fourth-order valence-electron chi connectivity index (χ4n) is 4.46. The Morgan fingerprint density at radius 1 is 0.860 bits per heavy atom. The molecule has 3 heterocycles. The molecule has 0 aliphatic rings. The summed E-state index contributed by atoms with van der Waals surface area (Å²) in [5, 5.41) is 14.1. The molecule has 4 N–H and O–H groups in total. The molecule has 0 fully saturated rings. The first kappa shape index (κ1) is 37.1. The van der Waals surface area contributed by atoms with Crippen molar-refractivity contribution in [2.45, 2.75) is 11.3 Å².